The molecule has 1 heterocycles. The molecule has 2 aromatic carbocycles. The number of hydrogen-bond donors (Lipinski definition) is 0. The molecule has 1 aromatic heterocycles. The van der Waals surface area contributed by atoms with E-state index in [2.05, 4.69) is 4.98 Å². The molecule has 0 amide bonds. The Balaban J connectivity index is 2.01. The number of aromatic nitrogens is 2. The summed E-state index contributed by atoms with van der Waals surface area (Å²) in [6.07, 6.45) is 1.10. The van der Waals surface area contributed by atoms with E-state index in [1.807, 2.05) is 35.9 Å². The van der Waals surface area contributed by atoms with Gasteiger partial charge in [-0.15, -0.1) is 0 Å². The third kappa shape index (κ3) is 2.09. The van der Waals surface area contributed by atoms with Gasteiger partial charge in [0.25, 0.3) is 0 Å². The number of imidazole rings is 1. The molecule has 0 aliphatic carbocycles. The van der Waals surface area contributed by atoms with Gasteiger partial charge in [0.05, 0.1) is 16.6 Å². The van der Waals surface area contributed by atoms with Crippen LogP contribution >= 0.6 is 0 Å². The maximum Gasteiger partial charge on any atom is 0.153 e. The van der Waals surface area contributed by atoms with E-state index in [9.17, 15) is 9.18 Å². The van der Waals surface area contributed by atoms with Crippen molar-refractivity contribution >= 4 is 17.3 Å². The summed E-state index contributed by atoms with van der Waals surface area (Å²) in [5, 5.41) is 0. The number of para-hydroxylation sites is 2. The summed E-state index contributed by atoms with van der Waals surface area (Å²) in [6, 6.07) is 12.5. The summed E-state index contributed by atoms with van der Waals surface area (Å²) in [4.78, 5) is 15.3. The van der Waals surface area contributed by atoms with Crippen molar-refractivity contribution in [2.24, 2.45) is 7.05 Å². The molecule has 100 valence electrons. The van der Waals surface area contributed by atoms with Gasteiger partial charge in [-0.1, -0.05) is 18.2 Å². The Kier molecular flexibility index (Phi) is 3.06. The van der Waals surface area contributed by atoms with Crippen molar-refractivity contribution in [3.8, 4) is 0 Å². The number of hydrogen-bond acceptors (Lipinski definition) is 2. The van der Waals surface area contributed by atoms with Gasteiger partial charge < -0.3 is 4.57 Å². The molecule has 0 N–H and O–H groups in total. The van der Waals surface area contributed by atoms with Gasteiger partial charge >= 0.3 is 0 Å². The fourth-order valence-electron chi connectivity index (χ4n) is 2.33. The lowest BCUT2D eigenvalue weighted by Crippen LogP contribution is -2.00. The van der Waals surface area contributed by atoms with Crippen LogP contribution in [0, 0.1) is 5.82 Å². The summed E-state index contributed by atoms with van der Waals surface area (Å²) < 4.78 is 15.3. The minimum Gasteiger partial charge on any atom is -0.331 e. The molecular formula is C16H13FN2O. The molecule has 3 aromatic rings. The van der Waals surface area contributed by atoms with Gasteiger partial charge in [-0.25, -0.2) is 9.37 Å². The van der Waals surface area contributed by atoms with Gasteiger partial charge in [-0.05, 0) is 29.8 Å². The molecule has 20 heavy (non-hydrogen) atoms. The normalized spacial score (nSPS) is 10.9. The summed E-state index contributed by atoms with van der Waals surface area (Å²) in [7, 11) is 1.95. The van der Waals surface area contributed by atoms with Crippen LogP contribution in [-0.4, -0.2) is 15.8 Å². The van der Waals surface area contributed by atoms with E-state index in [4.69, 9.17) is 0 Å². The highest BCUT2D eigenvalue weighted by atomic mass is 19.1. The van der Waals surface area contributed by atoms with Crippen LogP contribution in [-0.2, 0) is 13.5 Å². The Bertz CT molecular complexity index is 792. The number of benzene rings is 2. The van der Waals surface area contributed by atoms with Crippen molar-refractivity contribution in [3.63, 3.8) is 0 Å². The molecule has 0 radical (unpaired) electrons. The molecule has 0 saturated carbocycles. The van der Waals surface area contributed by atoms with Crippen LogP contribution in [0.4, 0.5) is 4.39 Å². The zero-order valence-electron chi connectivity index (χ0n) is 11.0. The van der Waals surface area contributed by atoms with Gasteiger partial charge in [0.1, 0.15) is 11.6 Å². The first-order chi connectivity index (χ1) is 9.69. The second-order valence-electron chi connectivity index (χ2n) is 4.73. The third-order valence-corrected chi connectivity index (χ3v) is 3.43. The molecule has 0 aliphatic rings. The van der Waals surface area contributed by atoms with Gasteiger partial charge in [-0.2, -0.15) is 0 Å². The van der Waals surface area contributed by atoms with Crippen LogP contribution in [0.1, 0.15) is 21.7 Å². The van der Waals surface area contributed by atoms with Crippen molar-refractivity contribution < 1.29 is 9.18 Å². The van der Waals surface area contributed by atoms with Crippen LogP contribution in [0.3, 0.4) is 0 Å². The first-order valence-electron chi connectivity index (χ1n) is 6.33. The summed E-state index contributed by atoms with van der Waals surface area (Å²) >= 11 is 0. The molecule has 4 heteroatoms. The Morgan fingerprint density at radius 3 is 2.80 bits per heavy atom. The van der Waals surface area contributed by atoms with Crippen molar-refractivity contribution in [1.29, 1.82) is 0 Å². The molecule has 0 unspecified atom stereocenters. The zero-order chi connectivity index (χ0) is 14.1. The van der Waals surface area contributed by atoms with Crippen LogP contribution < -0.4 is 0 Å². The quantitative estimate of drug-likeness (QED) is 0.684. The molecular weight excluding hydrogens is 255 g/mol. The highest BCUT2D eigenvalue weighted by Gasteiger charge is 2.09. The van der Waals surface area contributed by atoms with Crippen LogP contribution in [0.25, 0.3) is 11.0 Å². The number of aldehydes is 1. The minimum absolute atomic E-state index is 0.0845. The molecule has 3 rings (SSSR count). The zero-order valence-corrected chi connectivity index (χ0v) is 11.0. The monoisotopic (exact) mass is 268 g/mol. The Hall–Kier alpha value is -2.49. The fourth-order valence-corrected chi connectivity index (χ4v) is 2.33. The average molecular weight is 268 g/mol. The number of fused-ring (bicyclic) bond motifs is 1. The maximum absolute atomic E-state index is 13.3. The lowest BCUT2D eigenvalue weighted by atomic mass is 10.1. The van der Waals surface area contributed by atoms with E-state index >= 15 is 0 Å². The SMILES string of the molecule is Cn1c(Cc2ccc(F)c(C=O)c2)nc2ccccc21. The Morgan fingerprint density at radius 2 is 2.05 bits per heavy atom. The van der Waals surface area contributed by atoms with E-state index in [-0.39, 0.29) is 5.56 Å². The summed E-state index contributed by atoms with van der Waals surface area (Å²) in [5.74, 6) is 0.392. The lowest BCUT2D eigenvalue weighted by molar-refractivity contribution is 0.111. The van der Waals surface area contributed by atoms with Crippen LogP contribution in [0.15, 0.2) is 42.5 Å². The van der Waals surface area contributed by atoms with E-state index in [1.165, 1.54) is 6.07 Å². The molecule has 0 spiro atoms. The predicted octanol–water partition coefficient (Wildman–Crippen LogP) is 3.12. The number of carbonyl (C=O) groups excluding carboxylic acids is 1. The van der Waals surface area contributed by atoms with Gasteiger partial charge in [0.15, 0.2) is 6.29 Å². The van der Waals surface area contributed by atoms with Crippen LogP contribution in [0.5, 0.6) is 0 Å². The highest BCUT2D eigenvalue weighted by Crippen LogP contribution is 2.18. The smallest absolute Gasteiger partial charge is 0.153 e. The standard InChI is InChI=1S/C16H13FN2O/c1-19-15-5-3-2-4-14(15)18-16(19)9-11-6-7-13(17)12(8-11)10-20/h2-8,10H,9H2,1H3. The number of nitrogens with zero attached hydrogens (tertiary/aromatic N) is 2. The number of carbonyl (C=O) groups is 1. The minimum atomic E-state index is -0.492. The third-order valence-electron chi connectivity index (χ3n) is 3.43. The van der Waals surface area contributed by atoms with E-state index in [1.54, 1.807) is 12.1 Å². The van der Waals surface area contributed by atoms with Crippen molar-refractivity contribution in [3.05, 3.63) is 65.2 Å². The average Bonchev–Trinajstić information content (AvgIpc) is 2.78. The molecule has 0 bridgehead atoms. The largest absolute Gasteiger partial charge is 0.331 e. The predicted molar refractivity (Wildman–Crippen MR) is 75.3 cm³/mol. The maximum atomic E-state index is 13.3. The molecule has 0 aliphatic heterocycles. The molecule has 0 atom stereocenters. The topological polar surface area (TPSA) is 34.9 Å². The van der Waals surface area contributed by atoms with E-state index < -0.39 is 5.82 Å². The first-order valence-corrected chi connectivity index (χ1v) is 6.33. The number of halogens is 1. The molecule has 0 saturated heterocycles. The fraction of sp³-hybridized carbons (Fsp3) is 0.125. The number of rotatable bonds is 3. The van der Waals surface area contributed by atoms with Crippen molar-refractivity contribution in [1.82, 2.24) is 9.55 Å². The lowest BCUT2D eigenvalue weighted by Gasteiger charge is -2.04. The van der Waals surface area contributed by atoms with Crippen molar-refractivity contribution in [2.75, 3.05) is 0 Å². The first kappa shape index (κ1) is 12.5. The summed E-state index contributed by atoms with van der Waals surface area (Å²) in [5.41, 5.74) is 2.94. The second-order valence-corrected chi connectivity index (χ2v) is 4.73. The molecule has 0 fully saturated rings. The van der Waals surface area contributed by atoms with E-state index in [0.717, 1.165) is 22.4 Å². The van der Waals surface area contributed by atoms with E-state index in [0.29, 0.717) is 12.7 Å². The Labute approximate surface area is 115 Å². The van der Waals surface area contributed by atoms with Gasteiger partial charge in [0.2, 0.25) is 0 Å². The summed E-state index contributed by atoms with van der Waals surface area (Å²) in [6.45, 7) is 0. The van der Waals surface area contributed by atoms with Gasteiger partial charge in [0, 0.05) is 13.5 Å². The van der Waals surface area contributed by atoms with Crippen molar-refractivity contribution in [2.45, 2.75) is 6.42 Å². The van der Waals surface area contributed by atoms with Gasteiger partial charge in [-0.3, -0.25) is 4.79 Å². The van der Waals surface area contributed by atoms with Crippen LogP contribution in [0.2, 0.25) is 0 Å². The highest BCUT2D eigenvalue weighted by molar-refractivity contribution is 5.76. The molecule has 3 nitrogen and oxygen atoms in total. The Morgan fingerprint density at radius 1 is 1.25 bits per heavy atom. The number of aryl methyl sites for hydroxylation is 1. The second kappa shape index (κ2) is 4.89.